The molecule has 0 aromatic heterocycles. The van der Waals surface area contributed by atoms with E-state index in [0.717, 1.165) is 58.3 Å². The molecule has 1 N–H and O–H groups in total. The number of aryl methyl sites for hydroxylation is 1. The fourth-order valence-electron chi connectivity index (χ4n) is 5.39. The van der Waals surface area contributed by atoms with Crippen LogP contribution in [0.2, 0.25) is 0 Å². The van der Waals surface area contributed by atoms with E-state index in [2.05, 4.69) is 21.2 Å². The van der Waals surface area contributed by atoms with Crippen molar-refractivity contribution in [1.29, 1.82) is 0 Å². The molecule has 6 nitrogen and oxygen atoms in total. The molecule has 0 bridgehead atoms. The van der Waals surface area contributed by atoms with Crippen LogP contribution in [0.5, 0.6) is 11.5 Å². The number of hydrogen-bond donors (Lipinski definition) is 1. The van der Waals surface area contributed by atoms with Gasteiger partial charge in [0.1, 0.15) is 19.3 Å². The fraction of sp³-hybridized carbons (Fsp3) is 0.375. The average Bonchev–Trinajstić information content (AvgIpc) is 3.47. The molecule has 0 radical (unpaired) electrons. The molecule has 1 aliphatic carbocycles. The van der Waals surface area contributed by atoms with E-state index in [4.69, 9.17) is 9.47 Å². The number of fused-ring (bicyclic) bond motifs is 1. The van der Waals surface area contributed by atoms with Crippen molar-refractivity contribution < 1.29 is 19.1 Å². The molecular weight excluding hydrogens is 556 g/mol. The SMILES string of the molecule is O=C(NC1CCCC1)[C@@H](Cc1ccccc1)N(Cc1cccc(Br)c1)C(=O)CCc1ccc2c(c1)OCCO2. The summed E-state index contributed by atoms with van der Waals surface area (Å²) in [5.41, 5.74) is 3.01. The number of carbonyl (C=O) groups is 2. The van der Waals surface area contributed by atoms with Crippen LogP contribution < -0.4 is 14.8 Å². The largest absolute Gasteiger partial charge is 0.486 e. The number of carbonyl (C=O) groups excluding carboxylic acids is 2. The van der Waals surface area contributed by atoms with Crippen LogP contribution in [0.3, 0.4) is 0 Å². The molecule has 2 amide bonds. The van der Waals surface area contributed by atoms with Gasteiger partial charge >= 0.3 is 0 Å². The van der Waals surface area contributed by atoms with E-state index in [9.17, 15) is 9.59 Å². The Bertz CT molecular complexity index is 1280. The van der Waals surface area contributed by atoms with E-state index in [0.29, 0.717) is 32.6 Å². The van der Waals surface area contributed by atoms with Gasteiger partial charge in [-0.05, 0) is 60.2 Å². The molecule has 7 heteroatoms. The van der Waals surface area contributed by atoms with E-state index in [1.807, 2.05) is 72.8 Å². The first kappa shape index (κ1) is 27.3. The van der Waals surface area contributed by atoms with Crippen molar-refractivity contribution in [1.82, 2.24) is 10.2 Å². The van der Waals surface area contributed by atoms with Gasteiger partial charge in [-0.15, -0.1) is 0 Å². The van der Waals surface area contributed by atoms with Gasteiger partial charge in [-0.3, -0.25) is 9.59 Å². The number of rotatable bonds is 10. The first-order valence-electron chi connectivity index (χ1n) is 13.8. The number of halogens is 1. The van der Waals surface area contributed by atoms with Crippen molar-refractivity contribution in [2.24, 2.45) is 0 Å². The summed E-state index contributed by atoms with van der Waals surface area (Å²) in [5.74, 6) is 1.33. The predicted molar refractivity (Wildman–Crippen MR) is 155 cm³/mol. The van der Waals surface area contributed by atoms with Gasteiger partial charge in [0, 0.05) is 29.9 Å². The second-order valence-corrected chi connectivity index (χ2v) is 11.2. The summed E-state index contributed by atoms with van der Waals surface area (Å²) < 4.78 is 12.3. The summed E-state index contributed by atoms with van der Waals surface area (Å²) in [6.07, 6.45) is 5.54. The number of nitrogens with zero attached hydrogens (tertiary/aromatic N) is 1. The van der Waals surface area contributed by atoms with Gasteiger partial charge in [-0.2, -0.15) is 0 Å². The third-order valence-corrected chi connectivity index (χ3v) is 7.94. The van der Waals surface area contributed by atoms with Crippen molar-refractivity contribution in [2.75, 3.05) is 13.2 Å². The second kappa shape index (κ2) is 13.2. The Morgan fingerprint density at radius 1 is 0.872 bits per heavy atom. The zero-order valence-corrected chi connectivity index (χ0v) is 23.7. The highest BCUT2D eigenvalue weighted by Gasteiger charge is 2.32. The van der Waals surface area contributed by atoms with E-state index < -0.39 is 6.04 Å². The molecule has 1 aliphatic heterocycles. The molecule has 0 spiro atoms. The Hall–Kier alpha value is -3.32. The standard InChI is InChI=1S/C32H35BrN2O4/c33-26-10-6-9-25(19-26)22-35(31(36)16-14-24-13-15-29-30(21-24)39-18-17-38-29)28(20-23-7-2-1-3-8-23)32(37)34-27-11-4-5-12-27/h1-3,6-10,13,15,19,21,27-28H,4-5,11-12,14,16-18,20,22H2,(H,34,37)/t28-/m1/s1. The first-order chi connectivity index (χ1) is 19.0. The molecule has 5 rings (SSSR count). The van der Waals surface area contributed by atoms with Crippen LogP contribution in [0.25, 0.3) is 0 Å². The average molecular weight is 592 g/mol. The molecule has 39 heavy (non-hydrogen) atoms. The third kappa shape index (κ3) is 7.41. The molecule has 1 heterocycles. The minimum absolute atomic E-state index is 0.0487. The molecule has 0 saturated heterocycles. The van der Waals surface area contributed by atoms with Crippen molar-refractivity contribution in [3.8, 4) is 11.5 Å². The maximum Gasteiger partial charge on any atom is 0.243 e. The molecule has 2 aliphatic rings. The number of benzene rings is 3. The van der Waals surface area contributed by atoms with Crippen LogP contribution in [-0.4, -0.2) is 42.0 Å². The van der Waals surface area contributed by atoms with Gasteiger partial charge in [-0.1, -0.05) is 77.3 Å². The number of hydrogen-bond acceptors (Lipinski definition) is 4. The molecule has 3 aromatic rings. The Kier molecular flexibility index (Phi) is 9.19. The summed E-state index contributed by atoms with van der Waals surface area (Å²) in [4.78, 5) is 29.5. The predicted octanol–water partition coefficient (Wildman–Crippen LogP) is 5.85. The van der Waals surface area contributed by atoms with Crippen molar-refractivity contribution in [3.05, 3.63) is 94.0 Å². The maximum absolute atomic E-state index is 13.9. The van der Waals surface area contributed by atoms with Crippen LogP contribution in [0.15, 0.2) is 77.3 Å². The van der Waals surface area contributed by atoms with Crippen molar-refractivity contribution in [2.45, 2.75) is 63.6 Å². The second-order valence-electron chi connectivity index (χ2n) is 10.3. The van der Waals surface area contributed by atoms with E-state index in [-0.39, 0.29) is 24.3 Å². The first-order valence-corrected chi connectivity index (χ1v) is 14.6. The summed E-state index contributed by atoms with van der Waals surface area (Å²) in [6, 6.07) is 23.3. The molecule has 1 saturated carbocycles. The summed E-state index contributed by atoms with van der Waals surface area (Å²) in [5, 5.41) is 3.27. The van der Waals surface area contributed by atoms with E-state index in [1.165, 1.54) is 0 Å². The number of nitrogens with one attached hydrogen (secondary N) is 1. The highest BCUT2D eigenvalue weighted by atomic mass is 79.9. The van der Waals surface area contributed by atoms with Gasteiger partial charge in [0.25, 0.3) is 0 Å². The molecule has 3 aromatic carbocycles. The monoisotopic (exact) mass is 590 g/mol. The van der Waals surface area contributed by atoms with Gasteiger partial charge < -0.3 is 19.7 Å². The maximum atomic E-state index is 13.9. The number of amides is 2. The summed E-state index contributed by atoms with van der Waals surface area (Å²) in [7, 11) is 0. The summed E-state index contributed by atoms with van der Waals surface area (Å²) in [6.45, 7) is 1.42. The molecule has 0 unspecified atom stereocenters. The van der Waals surface area contributed by atoms with Gasteiger partial charge in [0.05, 0.1) is 0 Å². The van der Waals surface area contributed by atoms with Crippen LogP contribution in [-0.2, 0) is 29.0 Å². The van der Waals surface area contributed by atoms with Crippen LogP contribution in [0, 0.1) is 0 Å². The third-order valence-electron chi connectivity index (χ3n) is 7.45. The minimum atomic E-state index is -0.611. The fourth-order valence-corrected chi connectivity index (χ4v) is 5.84. The lowest BCUT2D eigenvalue weighted by molar-refractivity contribution is -0.141. The summed E-state index contributed by atoms with van der Waals surface area (Å²) >= 11 is 3.55. The molecule has 1 atom stereocenters. The van der Waals surface area contributed by atoms with Crippen LogP contribution >= 0.6 is 15.9 Å². The molecular formula is C32H35BrN2O4. The number of ether oxygens (including phenoxy) is 2. The Balaban J connectivity index is 1.39. The van der Waals surface area contributed by atoms with Gasteiger partial charge in [-0.25, -0.2) is 0 Å². The highest BCUT2D eigenvalue weighted by molar-refractivity contribution is 9.10. The highest BCUT2D eigenvalue weighted by Crippen LogP contribution is 2.31. The Morgan fingerprint density at radius 3 is 2.38 bits per heavy atom. The van der Waals surface area contributed by atoms with Crippen LogP contribution in [0.1, 0.15) is 48.8 Å². The molecule has 204 valence electrons. The van der Waals surface area contributed by atoms with E-state index >= 15 is 0 Å². The lowest BCUT2D eigenvalue weighted by Gasteiger charge is -2.32. The molecule has 1 fully saturated rings. The zero-order chi connectivity index (χ0) is 27.0. The Morgan fingerprint density at radius 2 is 1.62 bits per heavy atom. The zero-order valence-electron chi connectivity index (χ0n) is 22.1. The quantitative estimate of drug-likeness (QED) is 0.321. The minimum Gasteiger partial charge on any atom is -0.486 e. The Labute approximate surface area is 238 Å². The normalized spacial score (nSPS) is 15.5. The topological polar surface area (TPSA) is 67.9 Å². The van der Waals surface area contributed by atoms with Crippen LogP contribution in [0.4, 0.5) is 0 Å². The lowest BCUT2D eigenvalue weighted by Crippen LogP contribution is -2.52. The smallest absolute Gasteiger partial charge is 0.243 e. The van der Waals surface area contributed by atoms with Gasteiger partial charge in [0.2, 0.25) is 11.8 Å². The van der Waals surface area contributed by atoms with E-state index in [1.54, 1.807) is 4.90 Å². The van der Waals surface area contributed by atoms with Crippen molar-refractivity contribution >= 4 is 27.7 Å². The van der Waals surface area contributed by atoms with Crippen molar-refractivity contribution in [3.63, 3.8) is 0 Å². The lowest BCUT2D eigenvalue weighted by atomic mass is 10.0. The van der Waals surface area contributed by atoms with Gasteiger partial charge in [0.15, 0.2) is 11.5 Å².